The van der Waals surface area contributed by atoms with Gasteiger partial charge >= 0.3 is 0 Å². The highest BCUT2D eigenvalue weighted by Gasteiger charge is 2.28. The molecular weight excluding hydrogens is 378 g/mol. The molecule has 0 spiro atoms. The second-order valence-electron chi connectivity index (χ2n) is 6.69. The fraction of sp³-hybridized carbons (Fsp3) is 0.190. The Morgan fingerprint density at radius 1 is 1.28 bits per heavy atom. The number of oxime groups is 1. The van der Waals surface area contributed by atoms with Gasteiger partial charge in [-0.2, -0.15) is 0 Å². The predicted molar refractivity (Wildman–Crippen MR) is 103 cm³/mol. The first-order valence-corrected chi connectivity index (χ1v) is 9.06. The van der Waals surface area contributed by atoms with Gasteiger partial charge in [0.25, 0.3) is 5.91 Å². The first kappa shape index (κ1) is 18.8. The lowest BCUT2D eigenvalue weighted by Crippen LogP contribution is -2.34. The molecule has 8 heteroatoms. The second-order valence-corrected chi connectivity index (χ2v) is 6.69. The molecule has 0 aliphatic carbocycles. The molecule has 1 aliphatic heterocycles. The summed E-state index contributed by atoms with van der Waals surface area (Å²) in [5.41, 5.74) is 2.09. The van der Waals surface area contributed by atoms with Crippen molar-refractivity contribution in [1.82, 2.24) is 14.9 Å². The minimum Gasteiger partial charge on any atom is -0.382 e. The molecule has 2 heterocycles. The Morgan fingerprint density at radius 3 is 2.86 bits per heavy atom. The van der Waals surface area contributed by atoms with E-state index >= 15 is 0 Å². The van der Waals surface area contributed by atoms with E-state index in [-0.39, 0.29) is 24.7 Å². The van der Waals surface area contributed by atoms with Gasteiger partial charge in [-0.25, -0.2) is 13.8 Å². The van der Waals surface area contributed by atoms with Gasteiger partial charge in [-0.15, -0.1) is 0 Å². The number of nitrogens with one attached hydrogen (secondary N) is 1. The third kappa shape index (κ3) is 4.01. The third-order valence-electron chi connectivity index (χ3n) is 4.68. The lowest BCUT2D eigenvalue weighted by atomic mass is 10.0. The van der Waals surface area contributed by atoms with Crippen LogP contribution in [0.1, 0.15) is 23.4 Å². The molecule has 2 aromatic carbocycles. The second kappa shape index (κ2) is 7.83. The summed E-state index contributed by atoms with van der Waals surface area (Å²) in [5.74, 6) is -0.478. The summed E-state index contributed by atoms with van der Waals surface area (Å²) in [6.45, 7) is 1.93. The number of hydrogen-bond acceptors (Lipinski definition) is 4. The Balaban J connectivity index is 1.36. The minimum absolute atomic E-state index is 0.147. The molecule has 1 unspecified atom stereocenters. The van der Waals surface area contributed by atoms with Crippen LogP contribution in [0.15, 0.2) is 60.0 Å². The van der Waals surface area contributed by atoms with Gasteiger partial charge in [0.15, 0.2) is 0 Å². The Kier molecular flexibility index (Phi) is 5.07. The van der Waals surface area contributed by atoms with Crippen LogP contribution in [0.2, 0.25) is 0 Å². The van der Waals surface area contributed by atoms with Crippen LogP contribution in [0, 0.1) is 18.6 Å². The number of aryl methyl sites for hydroxylation is 1. The molecule has 1 amide bonds. The van der Waals surface area contributed by atoms with Crippen molar-refractivity contribution < 1.29 is 18.4 Å². The van der Waals surface area contributed by atoms with E-state index in [2.05, 4.69) is 15.5 Å². The summed E-state index contributed by atoms with van der Waals surface area (Å²) >= 11 is 0. The van der Waals surface area contributed by atoms with Gasteiger partial charge in [-0.1, -0.05) is 23.4 Å². The Hall–Kier alpha value is -3.55. The number of rotatable bonds is 5. The van der Waals surface area contributed by atoms with Crippen molar-refractivity contribution in [2.24, 2.45) is 5.16 Å². The zero-order chi connectivity index (χ0) is 20.4. The van der Waals surface area contributed by atoms with Gasteiger partial charge in [-0.05, 0) is 36.8 Å². The third-order valence-corrected chi connectivity index (χ3v) is 4.68. The van der Waals surface area contributed by atoms with Gasteiger partial charge in [0, 0.05) is 30.9 Å². The van der Waals surface area contributed by atoms with Crippen molar-refractivity contribution in [2.45, 2.75) is 26.0 Å². The van der Waals surface area contributed by atoms with Gasteiger partial charge in [0.2, 0.25) is 6.10 Å². The zero-order valence-corrected chi connectivity index (χ0v) is 15.6. The summed E-state index contributed by atoms with van der Waals surface area (Å²) in [6.07, 6.45) is 2.72. The van der Waals surface area contributed by atoms with Gasteiger partial charge < -0.3 is 14.7 Å². The summed E-state index contributed by atoms with van der Waals surface area (Å²) < 4.78 is 29.5. The maximum atomic E-state index is 14.5. The molecule has 4 rings (SSSR count). The Labute approximate surface area is 165 Å². The smallest absolute Gasteiger partial charge is 0.264 e. The van der Waals surface area contributed by atoms with E-state index in [1.807, 2.05) is 0 Å². The molecule has 1 atom stereocenters. The van der Waals surface area contributed by atoms with E-state index in [1.54, 1.807) is 48.1 Å². The largest absolute Gasteiger partial charge is 0.382 e. The fourth-order valence-electron chi connectivity index (χ4n) is 3.15. The molecule has 0 saturated carbocycles. The normalized spacial score (nSPS) is 15.7. The molecule has 0 radical (unpaired) electrons. The van der Waals surface area contributed by atoms with Crippen molar-refractivity contribution in [3.05, 3.63) is 83.4 Å². The molecule has 1 N–H and O–H groups in total. The lowest BCUT2D eigenvalue weighted by molar-refractivity contribution is -0.131. The van der Waals surface area contributed by atoms with Gasteiger partial charge in [-0.3, -0.25) is 4.79 Å². The topological polar surface area (TPSA) is 68.5 Å². The molecule has 1 aromatic heterocycles. The maximum absolute atomic E-state index is 14.5. The van der Waals surface area contributed by atoms with E-state index in [0.29, 0.717) is 28.4 Å². The molecule has 29 heavy (non-hydrogen) atoms. The van der Waals surface area contributed by atoms with E-state index in [9.17, 15) is 13.6 Å². The van der Waals surface area contributed by atoms with Crippen LogP contribution in [0.25, 0.3) is 5.69 Å². The monoisotopic (exact) mass is 396 g/mol. The molecule has 148 valence electrons. The van der Waals surface area contributed by atoms with E-state index in [0.717, 1.165) is 0 Å². The maximum Gasteiger partial charge on any atom is 0.264 e. The number of benzene rings is 2. The quantitative estimate of drug-likeness (QED) is 0.720. The number of amides is 1. The standard InChI is InChI=1S/C21H18F2N4O2/c1-13-24-7-8-27(13)19-6-5-14(9-17(19)23)12-25-21(28)20-11-18(26-29-20)15-3-2-4-16(22)10-15/h2-10,20H,11-12H2,1H3,(H,25,28). The summed E-state index contributed by atoms with van der Waals surface area (Å²) in [4.78, 5) is 21.6. The number of aromatic nitrogens is 2. The molecule has 0 saturated heterocycles. The molecule has 6 nitrogen and oxygen atoms in total. The van der Waals surface area contributed by atoms with Crippen LogP contribution >= 0.6 is 0 Å². The van der Waals surface area contributed by atoms with Crippen LogP contribution in [-0.4, -0.2) is 27.3 Å². The summed E-state index contributed by atoms with van der Waals surface area (Å²) in [5, 5.41) is 6.61. The average Bonchev–Trinajstić information content (AvgIpc) is 3.36. The highest BCUT2D eigenvalue weighted by atomic mass is 19.1. The predicted octanol–water partition coefficient (Wildman–Crippen LogP) is 3.27. The van der Waals surface area contributed by atoms with Crippen molar-refractivity contribution in [1.29, 1.82) is 0 Å². The van der Waals surface area contributed by atoms with Crippen molar-refractivity contribution in [3.8, 4) is 5.69 Å². The Bertz CT molecular complexity index is 1090. The van der Waals surface area contributed by atoms with Crippen molar-refractivity contribution in [3.63, 3.8) is 0 Å². The zero-order valence-electron chi connectivity index (χ0n) is 15.6. The number of halogens is 2. The minimum atomic E-state index is -0.800. The fourth-order valence-corrected chi connectivity index (χ4v) is 3.15. The molecule has 0 fully saturated rings. The number of hydrogen-bond donors (Lipinski definition) is 1. The van der Waals surface area contributed by atoms with E-state index in [1.165, 1.54) is 18.2 Å². The van der Waals surface area contributed by atoms with E-state index < -0.39 is 11.9 Å². The number of carbonyl (C=O) groups excluding carboxylic acids is 1. The molecule has 0 bridgehead atoms. The van der Waals surface area contributed by atoms with Crippen LogP contribution < -0.4 is 5.32 Å². The van der Waals surface area contributed by atoms with Crippen LogP contribution in [0.5, 0.6) is 0 Å². The van der Waals surface area contributed by atoms with Crippen LogP contribution in [0.3, 0.4) is 0 Å². The Morgan fingerprint density at radius 2 is 2.14 bits per heavy atom. The molecular formula is C21H18F2N4O2. The van der Waals surface area contributed by atoms with Gasteiger partial charge in [0.05, 0.1) is 11.4 Å². The molecule has 3 aromatic rings. The SMILES string of the molecule is Cc1nccn1-c1ccc(CNC(=O)C2CC(c3cccc(F)c3)=NO2)cc1F. The summed E-state index contributed by atoms with van der Waals surface area (Å²) in [6, 6.07) is 10.7. The van der Waals surface area contributed by atoms with Gasteiger partial charge in [0.1, 0.15) is 17.5 Å². The average molecular weight is 396 g/mol. The van der Waals surface area contributed by atoms with Crippen molar-refractivity contribution in [2.75, 3.05) is 0 Å². The highest BCUT2D eigenvalue weighted by molar-refractivity contribution is 6.04. The van der Waals surface area contributed by atoms with Crippen molar-refractivity contribution >= 4 is 11.6 Å². The van der Waals surface area contributed by atoms with E-state index in [4.69, 9.17) is 4.84 Å². The highest BCUT2D eigenvalue weighted by Crippen LogP contribution is 2.19. The lowest BCUT2D eigenvalue weighted by Gasteiger charge is -2.11. The number of imidazole rings is 1. The molecule has 1 aliphatic rings. The van der Waals surface area contributed by atoms with Crippen LogP contribution in [-0.2, 0) is 16.2 Å². The summed E-state index contributed by atoms with van der Waals surface area (Å²) in [7, 11) is 0. The number of nitrogens with zero attached hydrogens (tertiary/aromatic N) is 3. The first-order chi connectivity index (χ1) is 14.0. The first-order valence-electron chi connectivity index (χ1n) is 9.06. The van der Waals surface area contributed by atoms with Crippen LogP contribution in [0.4, 0.5) is 8.78 Å². The number of carbonyl (C=O) groups is 1.